The Morgan fingerprint density at radius 2 is 2.23 bits per heavy atom. The molecule has 13 heavy (non-hydrogen) atoms. The highest BCUT2D eigenvalue weighted by Gasteiger charge is 2.10. The SMILES string of the molecule is CCC[C@H](O)c1cc(Cl)ccc1Br. The summed E-state index contributed by atoms with van der Waals surface area (Å²) in [6.45, 7) is 2.04. The van der Waals surface area contributed by atoms with Gasteiger partial charge >= 0.3 is 0 Å². The van der Waals surface area contributed by atoms with Gasteiger partial charge in [-0.3, -0.25) is 0 Å². The standard InChI is InChI=1S/C10H12BrClO/c1-2-3-10(13)8-6-7(12)4-5-9(8)11/h4-6,10,13H,2-3H2,1H3/t10-/m0/s1. The van der Waals surface area contributed by atoms with Crippen molar-refractivity contribution < 1.29 is 5.11 Å². The molecule has 0 saturated carbocycles. The molecule has 0 aromatic heterocycles. The van der Waals surface area contributed by atoms with E-state index in [0.717, 1.165) is 22.9 Å². The average Bonchev–Trinajstić information content (AvgIpc) is 2.09. The summed E-state index contributed by atoms with van der Waals surface area (Å²) in [5, 5.41) is 10.4. The van der Waals surface area contributed by atoms with Crippen LogP contribution in [-0.2, 0) is 0 Å². The van der Waals surface area contributed by atoms with Crippen molar-refractivity contribution in [2.24, 2.45) is 0 Å². The molecule has 72 valence electrons. The van der Waals surface area contributed by atoms with Gasteiger partial charge in [0, 0.05) is 9.50 Å². The van der Waals surface area contributed by atoms with Crippen LogP contribution in [0.5, 0.6) is 0 Å². The molecule has 0 unspecified atom stereocenters. The Morgan fingerprint density at radius 1 is 1.54 bits per heavy atom. The largest absolute Gasteiger partial charge is 0.388 e. The van der Waals surface area contributed by atoms with Crippen molar-refractivity contribution in [2.45, 2.75) is 25.9 Å². The molecule has 0 spiro atoms. The number of hydrogen-bond donors (Lipinski definition) is 1. The molecule has 1 nitrogen and oxygen atoms in total. The third-order valence-electron chi connectivity index (χ3n) is 1.88. The third-order valence-corrected chi connectivity index (χ3v) is 2.84. The summed E-state index contributed by atoms with van der Waals surface area (Å²) < 4.78 is 0.915. The number of halogens is 2. The van der Waals surface area contributed by atoms with E-state index in [4.69, 9.17) is 11.6 Å². The molecule has 0 fully saturated rings. The number of hydrogen-bond acceptors (Lipinski definition) is 1. The van der Waals surface area contributed by atoms with Crippen LogP contribution in [0.4, 0.5) is 0 Å². The van der Waals surface area contributed by atoms with Gasteiger partial charge in [-0.1, -0.05) is 40.9 Å². The number of rotatable bonds is 3. The molecule has 0 bridgehead atoms. The van der Waals surface area contributed by atoms with Crippen molar-refractivity contribution in [3.8, 4) is 0 Å². The molecule has 0 saturated heterocycles. The molecule has 0 radical (unpaired) electrons. The lowest BCUT2D eigenvalue weighted by atomic mass is 10.1. The van der Waals surface area contributed by atoms with Crippen LogP contribution in [-0.4, -0.2) is 5.11 Å². The summed E-state index contributed by atoms with van der Waals surface area (Å²) in [7, 11) is 0. The van der Waals surface area contributed by atoms with Crippen molar-refractivity contribution in [2.75, 3.05) is 0 Å². The molecule has 0 aliphatic rings. The monoisotopic (exact) mass is 262 g/mol. The second-order valence-electron chi connectivity index (χ2n) is 2.97. The van der Waals surface area contributed by atoms with Crippen LogP contribution in [0.1, 0.15) is 31.4 Å². The molecule has 1 aromatic carbocycles. The maximum Gasteiger partial charge on any atom is 0.0801 e. The molecule has 1 aromatic rings. The summed E-state index contributed by atoms with van der Waals surface area (Å²) in [6, 6.07) is 5.45. The van der Waals surface area contributed by atoms with Gasteiger partial charge in [0.2, 0.25) is 0 Å². The smallest absolute Gasteiger partial charge is 0.0801 e. The van der Waals surface area contributed by atoms with Crippen molar-refractivity contribution in [3.63, 3.8) is 0 Å². The van der Waals surface area contributed by atoms with Gasteiger partial charge in [0.15, 0.2) is 0 Å². The predicted molar refractivity (Wildman–Crippen MR) is 59.0 cm³/mol. The van der Waals surface area contributed by atoms with Crippen LogP contribution in [0.15, 0.2) is 22.7 Å². The summed E-state index contributed by atoms with van der Waals surface area (Å²) >= 11 is 9.21. The summed E-state index contributed by atoms with van der Waals surface area (Å²) in [5.41, 5.74) is 0.870. The van der Waals surface area contributed by atoms with Gasteiger partial charge in [0.05, 0.1) is 6.10 Å². The summed E-state index contributed by atoms with van der Waals surface area (Å²) in [6.07, 6.45) is 1.30. The Hall–Kier alpha value is -0.0500. The number of aliphatic hydroxyl groups is 1. The summed E-state index contributed by atoms with van der Waals surface area (Å²) in [5.74, 6) is 0. The van der Waals surface area contributed by atoms with E-state index >= 15 is 0 Å². The van der Waals surface area contributed by atoms with Crippen LogP contribution < -0.4 is 0 Å². The molecule has 1 atom stereocenters. The lowest BCUT2D eigenvalue weighted by Gasteiger charge is -2.11. The fourth-order valence-corrected chi connectivity index (χ4v) is 1.89. The minimum Gasteiger partial charge on any atom is -0.388 e. The van der Waals surface area contributed by atoms with E-state index in [1.54, 1.807) is 12.1 Å². The first-order valence-electron chi connectivity index (χ1n) is 4.28. The zero-order chi connectivity index (χ0) is 9.84. The molecule has 0 heterocycles. The van der Waals surface area contributed by atoms with Crippen molar-refractivity contribution >= 4 is 27.5 Å². The van der Waals surface area contributed by atoms with E-state index < -0.39 is 6.10 Å². The zero-order valence-corrected chi connectivity index (χ0v) is 9.77. The van der Waals surface area contributed by atoms with E-state index in [1.165, 1.54) is 0 Å². The van der Waals surface area contributed by atoms with Crippen LogP contribution in [0.25, 0.3) is 0 Å². The molecule has 0 aliphatic heterocycles. The van der Waals surface area contributed by atoms with E-state index in [2.05, 4.69) is 15.9 Å². The Bertz CT molecular complexity index is 288. The predicted octanol–water partition coefficient (Wildman–Crippen LogP) is 3.94. The van der Waals surface area contributed by atoms with Crippen LogP contribution in [0, 0.1) is 0 Å². The van der Waals surface area contributed by atoms with Gasteiger partial charge in [-0.15, -0.1) is 0 Å². The molecule has 0 aliphatic carbocycles. The van der Waals surface area contributed by atoms with Gasteiger partial charge in [0.25, 0.3) is 0 Å². The molecule has 0 amide bonds. The van der Waals surface area contributed by atoms with Crippen LogP contribution in [0.3, 0.4) is 0 Å². The van der Waals surface area contributed by atoms with E-state index in [1.807, 2.05) is 13.0 Å². The second kappa shape index (κ2) is 4.99. The Morgan fingerprint density at radius 3 is 2.85 bits per heavy atom. The van der Waals surface area contributed by atoms with E-state index in [9.17, 15) is 5.11 Å². The zero-order valence-electron chi connectivity index (χ0n) is 7.43. The lowest BCUT2D eigenvalue weighted by molar-refractivity contribution is 0.166. The van der Waals surface area contributed by atoms with Crippen molar-refractivity contribution in [1.29, 1.82) is 0 Å². The van der Waals surface area contributed by atoms with E-state index in [-0.39, 0.29) is 0 Å². The second-order valence-corrected chi connectivity index (χ2v) is 4.26. The number of benzene rings is 1. The van der Waals surface area contributed by atoms with Crippen LogP contribution >= 0.6 is 27.5 Å². The van der Waals surface area contributed by atoms with Gasteiger partial charge in [-0.2, -0.15) is 0 Å². The molecule has 1 N–H and O–H groups in total. The topological polar surface area (TPSA) is 20.2 Å². The van der Waals surface area contributed by atoms with Gasteiger partial charge in [0.1, 0.15) is 0 Å². The normalized spacial score (nSPS) is 12.9. The highest BCUT2D eigenvalue weighted by Crippen LogP contribution is 2.28. The van der Waals surface area contributed by atoms with Gasteiger partial charge in [-0.05, 0) is 30.2 Å². The molecular weight excluding hydrogens is 251 g/mol. The van der Waals surface area contributed by atoms with Crippen molar-refractivity contribution in [3.05, 3.63) is 33.3 Å². The highest BCUT2D eigenvalue weighted by atomic mass is 79.9. The Labute approximate surface area is 91.9 Å². The molecular formula is C10H12BrClO. The quantitative estimate of drug-likeness (QED) is 0.876. The first-order valence-corrected chi connectivity index (χ1v) is 5.45. The van der Waals surface area contributed by atoms with Crippen molar-refractivity contribution in [1.82, 2.24) is 0 Å². The first-order chi connectivity index (χ1) is 6.15. The Balaban J connectivity index is 2.91. The Kier molecular flexibility index (Phi) is 4.23. The fraction of sp³-hybridized carbons (Fsp3) is 0.400. The average molecular weight is 264 g/mol. The lowest BCUT2D eigenvalue weighted by Crippen LogP contribution is -1.97. The fourth-order valence-electron chi connectivity index (χ4n) is 1.20. The maximum atomic E-state index is 9.74. The summed E-state index contributed by atoms with van der Waals surface area (Å²) in [4.78, 5) is 0. The highest BCUT2D eigenvalue weighted by molar-refractivity contribution is 9.10. The first kappa shape index (κ1) is 11.0. The molecule has 3 heteroatoms. The molecule has 1 rings (SSSR count). The maximum absolute atomic E-state index is 9.74. The van der Waals surface area contributed by atoms with Crippen LogP contribution in [0.2, 0.25) is 5.02 Å². The van der Waals surface area contributed by atoms with Gasteiger partial charge < -0.3 is 5.11 Å². The minimum absolute atomic E-state index is 0.418. The number of aliphatic hydroxyl groups excluding tert-OH is 1. The van der Waals surface area contributed by atoms with E-state index in [0.29, 0.717) is 5.02 Å². The third kappa shape index (κ3) is 2.97. The van der Waals surface area contributed by atoms with Gasteiger partial charge in [-0.25, -0.2) is 0 Å². The minimum atomic E-state index is -0.418.